The summed E-state index contributed by atoms with van der Waals surface area (Å²) in [5.41, 5.74) is 7.93. The highest BCUT2D eigenvalue weighted by Crippen LogP contribution is 2.11. The van der Waals surface area contributed by atoms with E-state index in [9.17, 15) is 4.39 Å². The van der Waals surface area contributed by atoms with Crippen LogP contribution in [0.4, 0.5) is 4.39 Å². The van der Waals surface area contributed by atoms with Crippen molar-refractivity contribution in [2.45, 2.75) is 19.8 Å². The van der Waals surface area contributed by atoms with Gasteiger partial charge in [-0.2, -0.15) is 0 Å². The van der Waals surface area contributed by atoms with E-state index in [2.05, 4.69) is 9.97 Å². The van der Waals surface area contributed by atoms with Crippen LogP contribution < -0.4 is 5.73 Å². The van der Waals surface area contributed by atoms with E-state index in [1.54, 1.807) is 12.1 Å². The highest BCUT2D eigenvalue weighted by Gasteiger charge is 2.06. The average molecular weight is 245 g/mol. The molecule has 4 heteroatoms. The van der Waals surface area contributed by atoms with Gasteiger partial charge >= 0.3 is 0 Å². The van der Waals surface area contributed by atoms with Crippen LogP contribution in [0.3, 0.4) is 0 Å². The average Bonchev–Trinajstić information content (AvgIpc) is 2.32. The van der Waals surface area contributed by atoms with Crippen molar-refractivity contribution in [3.05, 3.63) is 58.9 Å². The van der Waals surface area contributed by atoms with E-state index in [0.717, 1.165) is 11.4 Å². The summed E-state index contributed by atoms with van der Waals surface area (Å²) in [7, 11) is 0. The summed E-state index contributed by atoms with van der Waals surface area (Å²) in [6.45, 7) is 2.46. The first-order valence-electron chi connectivity index (χ1n) is 5.96. The van der Waals surface area contributed by atoms with Gasteiger partial charge in [0.2, 0.25) is 0 Å². The SMILES string of the molecule is Cc1cc(CCN)nc(Cc2ccccc2F)n1. The van der Waals surface area contributed by atoms with Gasteiger partial charge < -0.3 is 5.73 Å². The second-order valence-corrected chi connectivity index (χ2v) is 4.22. The summed E-state index contributed by atoms with van der Waals surface area (Å²) >= 11 is 0. The third-order valence-electron chi connectivity index (χ3n) is 2.66. The molecule has 2 aromatic rings. The van der Waals surface area contributed by atoms with Gasteiger partial charge in [0.05, 0.1) is 0 Å². The minimum Gasteiger partial charge on any atom is -0.330 e. The Morgan fingerprint density at radius 3 is 2.72 bits per heavy atom. The minimum atomic E-state index is -0.219. The molecule has 2 rings (SSSR count). The van der Waals surface area contributed by atoms with Gasteiger partial charge in [0.25, 0.3) is 0 Å². The zero-order valence-electron chi connectivity index (χ0n) is 10.4. The standard InChI is InChI=1S/C14H16FN3/c1-10-8-12(6-7-16)18-14(17-10)9-11-4-2-3-5-13(11)15/h2-5,8H,6-7,9,16H2,1H3. The van der Waals surface area contributed by atoms with Crippen LogP contribution in [0.2, 0.25) is 0 Å². The van der Waals surface area contributed by atoms with E-state index in [4.69, 9.17) is 5.73 Å². The summed E-state index contributed by atoms with van der Waals surface area (Å²) in [5, 5.41) is 0. The van der Waals surface area contributed by atoms with Crippen molar-refractivity contribution >= 4 is 0 Å². The number of aryl methyl sites for hydroxylation is 1. The van der Waals surface area contributed by atoms with Crippen LogP contribution in [-0.2, 0) is 12.8 Å². The summed E-state index contributed by atoms with van der Waals surface area (Å²) in [6.07, 6.45) is 1.12. The number of hydrogen-bond acceptors (Lipinski definition) is 3. The molecule has 0 saturated carbocycles. The Labute approximate surface area is 106 Å². The van der Waals surface area contributed by atoms with Gasteiger partial charge in [-0.3, -0.25) is 0 Å². The topological polar surface area (TPSA) is 51.8 Å². The first-order valence-corrected chi connectivity index (χ1v) is 5.96. The van der Waals surface area contributed by atoms with Crippen LogP contribution in [0.5, 0.6) is 0 Å². The first kappa shape index (κ1) is 12.6. The summed E-state index contributed by atoms with van der Waals surface area (Å²) in [5.74, 6) is 0.423. The quantitative estimate of drug-likeness (QED) is 0.896. The molecule has 18 heavy (non-hydrogen) atoms. The fourth-order valence-corrected chi connectivity index (χ4v) is 1.87. The number of rotatable bonds is 4. The molecular weight excluding hydrogens is 229 g/mol. The smallest absolute Gasteiger partial charge is 0.133 e. The highest BCUT2D eigenvalue weighted by molar-refractivity contribution is 5.22. The molecule has 0 fully saturated rings. The lowest BCUT2D eigenvalue weighted by atomic mass is 10.1. The van der Waals surface area contributed by atoms with Crippen molar-refractivity contribution in [1.29, 1.82) is 0 Å². The fourth-order valence-electron chi connectivity index (χ4n) is 1.87. The Morgan fingerprint density at radius 1 is 1.22 bits per heavy atom. The number of nitrogens with zero attached hydrogens (tertiary/aromatic N) is 2. The van der Waals surface area contributed by atoms with E-state index in [1.807, 2.05) is 19.1 Å². The van der Waals surface area contributed by atoms with E-state index < -0.39 is 0 Å². The van der Waals surface area contributed by atoms with Crippen LogP contribution in [0, 0.1) is 12.7 Å². The number of nitrogens with two attached hydrogens (primary N) is 1. The summed E-state index contributed by atoms with van der Waals surface area (Å²) in [4.78, 5) is 8.74. The van der Waals surface area contributed by atoms with Crippen LogP contribution in [0.15, 0.2) is 30.3 Å². The molecule has 3 nitrogen and oxygen atoms in total. The van der Waals surface area contributed by atoms with Gasteiger partial charge in [0.1, 0.15) is 11.6 Å². The van der Waals surface area contributed by atoms with Gasteiger partial charge in [-0.05, 0) is 31.2 Å². The number of aromatic nitrogens is 2. The third kappa shape index (κ3) is 3.11. The van der Waals surface area contributed by atoms with Gasteiger partial charge in [0, 0.05) is 24.2 Å². The Hall–Kier alpha value is -1.81. The highest BCUT2D eigenvalue weighted by atomic mass is 19.1. The van der Waals surface area contributed by atoms with Crippen molar-refractivity contribution in [1.82, 2.24) is 9.97 Å². The van der Waals surface area contributed by atoms with E-state index >= 15 is 0 Å². The van der Waals surface area contributed by atoms with Gasteiger partial charge in [0.15, 0.2) is 0 Å². The molecule has 0 aliphatic heterocycles. The predicted octanol–water partition coefficient (Wildman–Crippen LogP) is 2.02. The number of benzene rings is 1. The Bertz CT molecular complexity index is 540. The van der Waals surface area contributed by atoms with Crippen molar-refractivity contribution in [3.8, 4) is 0 Å². The minimum absolute atomic E-state index is 0.219. The van der Waals surface area contributed by atoms with Crippen LogP contribution in [0.1, 0.15) is 22.8 Å². The zero-order chi connectivity index (χ0) is 13.0. The molecule has 94 valence electrons. The molecule has 1 aromatic carbocycles. The van der Waals surface area contributed by atoms with Gasteiger partial charge in [-0.25, -0.2) is 14.4 Å². The van der Waals surface area contributed by atoms with Crippen molar-refractivity contribution in [2.24, 2.45) is 5.73 Å². The van der Waals surface area contributed by atoms with Crippen molar-refractivity contribution < 1.29 is 4.39 Å². The Morgan fingerprint density at radius 2 is 2.00 bits per heavy atom. The van der Waals surface area contributed by atoms with Crippen molar-refractivity contribution in [3.63, 3.8) is 0 Å². The second-order valence-electron chi connectivity index (χ2n) is 4.22. The summed E-state index contributed by atoms with van der Waals surface area (Å²) < 4.78 is 13.5. The molecule has 0 radical (unpaired) electrons. The first-order chi connectivity index (χ1) is 8.69. The lowest BCUT2D eigenvalue weighted by Crippen LogP contribution is -2.08. The molecule has 0 amide bonds. The fraction of sp³-hybridized carbons (Fsp3) is 0.286. The molecular formula is C14H16FN3. The van der Waals surface area contributed by atoms with Crippen LogP contribution in [0.25, 0.3) is 0 Å². The zero-order valence-corrected chi connectivity index (χ0v) is 10.4. The van der Waals surface area contributed by atoms with Gasteiger partial charge in [-0.1, -0.05) is 18.2 Å². The third-order valence-corrected chi connectivity index (χ3v) is 2.66. The summed E-state index contributed by atoms with van der Waals surface area (Å²) in [6, 6.07) is 8.61. The molecule has 0 saturated heterocycles. The van der Waals surface area contributed by atoms with E-state index in [1.165, 1.54) is 6.07 Å². The lowest BCUT2D eigenvalue weighted by Gasteiger charge is -2.06. The molecule has 0 aliphatic rings. The molecule has 0 spiro atoms. The molecule has 0 aliphatic carbocycles. The van der Waals surface area contributed by atoms with Gasteiger partial charge in [-0.15, -0.1) is 0 Å². The van der Waals surface area contributed by atoms with Crippen molar-refractivity contribution in [2.75, 3.05) is 6.54 Å². The molecule has 1 aromatic heterocycles. The molecule has 1 heterocycles. The Kier molecular flexibility index (Phi) is 3.99. The predicted molar refractivity (Wildman–Crippen MR) is 68.7 cm³/mol. The molecule has 2 N–H and O–H groups in total. The number of hydrogen-bond donors (Lipinski definition) is 1. The molecule has 0 unspecified atom stereocenters. The van der Waals surface area contributed by atoms with E-state index in [-0.39, 0.29) is 5.82 Å². The monoisotopic (exact) mass is 245 g/mol. The maximum Gasteiger partial charge on any atom is 0.133 e. The van der Waals surface area contributed by atoms with Crippen LogP contribution >= 0.6 is 0 Å². The maximum absolute atomic E-state index is 13.5. The molecule has 0 bridgehead atoms. The number of halogens is 1. The second kappa shape index (κ2) is 5.69. The lowest BCUT2D eigenvalue weighted by molar-refractivity contribution is 0.611. The van der Waals surface area contributed by atoms with Crippen LogP contribution in [-0.4, -0.2) is 16.5 Å². The largest absolute Gasteiger partial charge is 0.330 e. The maximum atomic E-state index is 13.5. The normalized spacial score (nSPS) is 10.6. The Balaban J connectivity index is 2.26. The van der Waals surface area contributed by atoms with E-state index in [0.29, 0.717) is 30.8 Å². The molecule has 0 atom stereocenters.